The lowest BCUT2D eigenvalue weighted by molar-refractivity contribution is -0.159. The van der Waals surface area contributed by atoms with Crippen molar-refractivity contribution in [2.75, 3.05) is 18.6 Å². The molecule has 3 atom stereocenters. The van der Waals surface area contributed by atoms with E-state index < -0.39 is 11.6 Å². The van der Waals surface area contributed by atoms with Gasteiger partial charge in [0.25, 0.3) is 0 Å². The van der Waals surface area contributed by atoms with Crippen LogP contribution in [0.25, 0.3) is 0 Å². The summed E-state index contributed by atoms with van der Waals surface area (Å²) < 4.78 is 17.3. The summed E-state index contributed by atoms with van der Waals surface area (Å²) in [7, 11) is 1.61. The van der Waals surface area contributed by atoms with E-state index in [2.05, 4.69) is 5.32 Å². The average molecular weight is 413 g/mol. The van der Waals surface area contributed by atoms with Gasteiger partial charge in [0, 0.05) is 11.3 Å². The maximum atomic E-state index is 13.1. The Morgan fingerprint density at radius 3 is 2.79 bits per heavy atom. The van der Waals surface area contributed by atoms with Crippen molar-refractivity contribution >= 4 is 29.0 Å². The summed E-state index contributed by atoms with van der Waals surface area (Å²) in [5.74, 6) is 0.411. The van der Waals surface area contributed by atoms with Gasteiger partial charge in [-0.05, 0) is 68.9 Å². The number of nitrogens with zero attached hydrogens (tertiary/aromatic N) is 1. The number of fused-ring (bicyclic) bond motifs is 4. The number of ether oxygens (including phenoxy) is 3. The SMILES string of the molecule is CCOC(=O)[C@H]1[C@H]2NC(=S)N(c3cccc(C)c3)[C@@]1(C)Oc1ccc(OC)cc12. The first-order chi connectivity index (χ1) is 13.9. The van der Waals surface area contributed by atoms with Crippen molar-refractivity contribution in [1.29, 1.82) is 0 Å². The lowest BCUT2D eigenvalue weighted by Gasteiger charge is -2.55. The number of thiocarbonyl (C=S) groups is 1. The second-order valence-electron chi connectivity index (χ2n) is 7.39. The van der Waals surface area contributed by atoms with Gasteiger partial charge >= 0.3 is 5.97 Å². The number of anilines is 1. The Morgan fingerprint density at radius 2 is 2.10 bits per heavy atom. The molecule has 0 radical (unpaired) electrons. The highest BCUT2D eigenvalue weighted by Crippen LogP contribution is 2.50. The first-order valence-electron chi connectivity index (χ1n) is 9.60. The normalized spacial score (nSPS) is 24.8. The number of methoxy groups -OCH3 is 1. The zero-order chi connectivity index (χ0) is 20.8. The first kappa shape index (κ1) is 19.5. The van der Waals surface area contributed by atoms with Gasteiger partial charge in [0.15, 0.2) is 5.11 Å². The van der Waals surface area contributed by atoms with Crippen LogP contribution < -0.4 is 19.7 Å². The zero-order valence-electron chi connectivity index (χ0n) is 16.9. The standard InChI is InChI=1S/C22H24N2O4S/c1-5-27-20(25)18-19-16-12-15(26-4)9-10-17(16)28-22(18,3)24(21(29)23-19)14-8-6-7-13(2)11-14/h6-12,18-19H,5H2,1-4H3,(H,23,29)/t18-,19+,22+/m1/s1. The number of nitrogens with one attached hydrogen (secondary N) is 1. The van der Waals surface area contributed by atoms with Gasteiger partial charge in [0.2, 0.25) is 5.72 Å². The van der Waals surface area contributed by atoms with Gasteiger partial charge in [-0.25, -0.2) is 0 Å². The van der Waals surface area contributed by atoms with Crippen LogP contribution in [-0.2, 0) is 9.53 Å². The number of hydrogen-bond donors (Lipinski definition) is 1. The van der Waals surface area contributed by atoms with Crippen LogP contribution in [0.2, 0.25) is 0 Å². The third kappa shape index (κ3) is 3.09. The van der Waals surface area contributed by atoms with Crippen molar-refractivity contribution in [2.24, 2.45) is 5.92 Å². The van der Waals surface area contributed by atoms with E-state index >= 15 is 0 Å². The third-order valence-corrected chi connectivity index (χ3v) is 5.81. The van der Waals surface area contributed by atoms with Crippen molar-refractivity contribution in [3.63, 3.8) is 0 Å². The Bertz CT molecular complexity index is 979. The number of carbonyl (C=O) groups excluding carboxylic acids is 1. The molecule has 0 spiro atoms. The van der Waals surface area contributed by atoms with Crippen molar-refractivity contribution in [1.82, 2.24) is 5.32 Å². The van der Waals surface area contributed by atoms with E-state index in [4.69, 9.17) is 26.4 Å². The van der Waals surface area contributed by atoms with Crippen LogP contribution in [0.4, 0.5) is 5.69 Å². The van der Waals surface area contributed by atoms with Crippen LogP contribution >= 0.6 is 12.2 Å². The molecular formula is C22H24N2O4S. The highest BCUT2D eigenvalue weighted by molar-refractivity contribution is 7.80. The fourth-order valence-electron chi connectivity index (χ4n) is 4.24. The van der Waals surface area contributed by atoms with E-state index in [0.717, 1.165) is 16.8 Å². The van der Waals surface area contributed by atoms with Crippen LogP contribution in [0.15, 0.2) is 42.5 Å². The molecule has 2 aromatic carbocycles. The number of hydrogen-bond acceptors (Lipinski definition) is 5. The molecule has 1 N–H and O–H groups in total. The van der Waals surface area contributed by atoms with Crippen molar-refractivity contribution in [3.05, 3.63) is 53.6 Å². The molecule has 2 heterocycles. The van der Waals surface area contributed by atoms with Crippen molar-refractivity contribution < 1.29 is 19.0 Å². The van der Waals surface area contributed by atoms with Crippen molar-refractivity contribution in [2.45, 2.75) is 32.5 Å². The molecule has 0 unspecified atom stereocenters. The van der Waals surface area contributed by atoms with Crippen LogP contribution in [-0.4, -0.2) is 30.5 Å². The monoisotopic (exact) mass is 412 g/mol. The second kappa shape index (κ2) is 7.22. The predicted molar refractivity (Wildman–Crippen MR) is 114 cm³/mol. The molecule has 29 heavy (non-hydrogen) atoms. The maximum absolute atomic E-state index is 13.1. The van der Waals surface area contributed by atoms with Gasteiger partial charge in [0.05, 0.1) is 19.8 Å². The quantitative estimate of drug-likeness (QED) is 0.607. The molecule has 0 aromatic heterocycles. The number of aryl methyl sites for hydroxylation is 1. The molecule has 1 fully saturated rings. The summed E-state index contributed by atoms with van der Waals surface area (Å²) in [6.45, 7) is 6.00. The van der Waals surface area contributed by atoms with Gasteiger partial charge in [-0.3, -0.25) is 9.69 Å². The number of carbonyl (C=O) groups is 1. The molecule has 6 nitrogen and oxygen atoms in total. The van der Waals surface area contributed by atoms with Gasteiger partial charge < -0.3 is 19.5 Å². The molecule has 2 aromatic rings. The molecule has 2 aliphatic rings. The van der Waals surface area contributed by atoms with Crippen molar-refractivity contribution in [3.8, 4) is 11.5 Å². The molecule has 0 aliphatic carbocycles. The summed E-state index contributed by atoms with van der Waals surface area (Å²) in [4.78, 5) is 15.0. The number of benzene rings is 2. The Hall–Kier alpha value is -2.80. The average Bonchev–Trinajstić information content (AvgIpc) is 2.67. The fraction of sp³-hybridized carbons (Fsp3) is 0.364. The van der Waals surface area contributed by atoms with Crippen LogP contribution in [0.3, 0.4) is 0 Å². The highest BCUT2D eigenvalue weighted by atomic mass is 32.1. The first-order valence-corrected chi connectivity index (χ1v) is 10.0. The minimum Gasteiger partial charge on any atom is -0.497 e. The Kier molecular flexibility index (Phi) is 4.86. The van der Waals surface area contributed by atoms with Gasteiger partial charge in [-0.1, -0.05) is 12.1 Å². The molecule has 7 heteroatoms. The Labute approximate surface area is 175 Å². The number of rotatable bonds is 4. The fourth-order valence-corrected chi connectivity index (χ4v) is 4.65. The smallest absolute Gasteiger partial charge is 0.317 e. The maximum Gasteiger partial charge on any atom is 0.317 e. The summed E-state index contributed by atoms with van der Waals surface area (Å²) in [6.07, 6.45) is 0. The van der Waals surface area contributed by atoms with E-state index in [1.165, 1.54) is 0 Å². The number of esters is 1. The topological polar surface area (TPSA) is 60.0 Å². The van der Waals surface area contributed by atoms with Gasteiger partial charge in [-0.15, -0.1) is 0 Å². The largest absolute Gasteiger partial charge is 0.497 e. The van der Waals surface area contributed by atoms with Crippen LogP contribution in [0, 0.1) is 12.8 Å². The van der Waals surface area contributed by atoms with E-state index in [-0.39, 0.29) is 18.6 Å². The molecule has 0 amide bonds. The predicted octanol–water partition coefficient (Wildman–Crippen LogP) is 3.73. The van der Waals surface area contributed by atoms with Crippen LogP contribution in [0.5, 0.6) is 11.5 Å². The molecular weight excluding hydrogens is 388 g/mol. The van der Waals surface area contributed by atoms with E-state index in [1.807, 2.05) is 61.2 Å². The molecule has 2 bridgehead atoms. The van der Waals surface area contributed by atoms with Gasteiger partial charge in [-0.2, -0.15) is 0 Å². The van der Waals surface area contributed by atoms with Crippen LogP contribution in [0.1, 0.15) is 31.0 Å². The second-order valence-corrected chi connectivity index (χ2v) is 7.78. The van der Waals surface area contributed by atoms with E-state index in [0.29, 0.717) is 16.6 Å². The lowest BCUT2D eigenvalue weighted by atomic mass is 9.79. The lowest BCUT2D eigenvalue weighted by Crippen LogP contribution is -2.71. The molecule has 2 aliphatic heterocycles. The molecule has 152 valence electrons. The summed E-state index contributed by atoms with van der Waals surface area (Å²) in [5, 5.41) is 3.86. The Morgan fingerprint density at radius 1 is 1.31 bits per heavy atom. The van der Waals surface area contributed by atoms with E-state index in [9.17, 15) is 4.79 Å². The molecule has 4 rings (SSSR count). The Balaban J connectivity index is 1.89. The zero-order valence-corrected chi connectivity index (χ0v) is 17.7. The van der Waals surface area contributed by atoms with Gasteiger partial charge in [0.1, 0.15) is 17.4 Å². The van der Waals surface area contributed by atoms with E-state index in [1.54, 1.807) is 14.0 Å². The minimum absolute atomic E-state index is 0.290. The summed E-state index contributed by atoms with van der Waals surface area (Å²) in [5.41, 5.74) is 1.72. The summed E-state index contributed by atoms with van der Waals surface area (Å²) in [6, 6.07) is 13.2. The summed E-state index contributed by atoms with van der Waals surface area (Å²) >= 11 is 5.72. The highest BCUT2D eigenvalue weighted by Gasteiger charge is 2.59. The molecule has 0 saturated carbocycles. The third-order valence-electron chi connectivity index (χ3n) is 5.51. The molecule has 1 saturated heterocycles. The minimum atomic E-state index is -1.05.